The average molecular weight is 374 g/mol. The van der Waals surface area contributed by atoms with Gasteiger partial charge >= 0.3 is 12.1 Å². The van der Waals surface area contributed by atoms with Gasteiger partial charge in [0.15, 0.2) is 5.71 Å². The van der Waals surface area contributed by atoms with Crippen LogP contribution in [-0.4, -0.2) is 34.4 Å². The van der Waals surface area contributed by atoms with Crippen molar-refractivity contribution in [3.8, 4) is 0 Å². The second-order valence-corrected chi connectivity index (χ2v) is 7.02. The van der Waals surface area contributed by atoms with Gasteiger partial charge in [-0.3, -0.25) is 0 Å². The van der Waals surface area contributed by atoms with Crippen molar-refractivity contribution in [3.63, 3.8) is 0 Å². The molecule has 26 heavy (non-hydrogen) atoms. The highest BCUT2D eigenvalue weighted by molar-refractivity contribution is 7.13. The number of benzene rings is 1. The summed E-state index contributed by atoms with van der Waals surface area (Å²) in [5.41, 5.74) is 0.686. The number of nitrogens with zero attached hydrogens (tertiary/aromatic N) is 2. The van der Waals surface area contributed by atoms with Gasteiger partial charge in [-0.2, -0.15) is 10.1 Å². The van der Waals surface area contributed by atoms with Crippen LogP contribution in [0, 0.1) is 5.92 Å². The zero-order chi connectivity index (χ0) is 18.9. The molecule has 1 heterocycles. The Bertz CT molecular complexity index is 742. The normalized spacial score (nSPS) is 11.4. The van der Waals surface area contributed by atoms with Gasteiger partial charge in [0.05, 0.1) is 4.88 Å². The van der Waals surface area contributed by atoms with E-state index in [0.29, 0.717) is 17.2 Å². The largest absolute Gasteiger partial charge is 0.476 e. The molecule has 1 aromatic heterocycles. The predicted molar refractivity (Wildman–Crippen MR) is 101 cm³/mol. The molecule has 0 aliphatic rings. The summed E-state index contributed by atoms with van der Waals surface area (Å²) in [7, 11) is 0. The molecule has 7 heteroatoms. The van der Waals surface area contributed by atoms with E-state index in [9.17, 15) is 14.7 Å². The number of carbonyl (C=O) groups is 2. The Morgan fingerprint density at radius 3 is 2.50 bits per heavy atom. The Morgan fingerprint density at radius 2 is 1.92 bits per heavy atom. The standard InChI is InChI=1S/C19H22N2O4S/c1-14(2)10-11-21(19(24)25-13-15-7-4-3-5-8-15)20-17(18(22)23)16-9-6-12-26-16/h3-9,12,14H,10-11,13H2,1-2H3,(H,22,23). The molecule has 1 N–H and O–H groups in total. The van der Waals surface area contributed by atoms with Crippen LogP contribution in [0.3, 0.4) is 0 Å². The molecule has 0 saturated carbocycles. The van der Waals surface area contributed by atoms with Crippen molar-refractivity contribution in [2.24, 2.45) is 11.0 Å². The predicted octanol–water partition coefficient (Wildman–Crippen LogP) is 4.22. The van der Waals surface area contributed by atoms with Crippen LogP contribution in [0.1, 0.15) is 30.7 Å². The summed E-state index contributed by atoms with van der Waals surface area (Å²) in [5.74, 6) is -0.845. The second kappa shape index (κ2) is 9.72. The summed E-state index contributed by atoms with van der Waals surface area (Å²) in [6, 6.07) is 12.7. The molecule has 0 aliphatic heterocycles. The SMILES string of the molecule is CC(C)CCN(N=C(C(=O)O)c1cccs1)C(=O)OCc1ccccc1. The van der Waals surface area contributed by atoms with E-state index in [1.54, 1.807) is 17.5 Å². The number of hydrazone groups is 1. The van der Waals surface area contributed by atoms with Crippen LogP contribution in [0.2, 0.25) is 0 Å². The molecular formula is C19H22N2O4S. The summed E-state index contributed by atoms with van der Waals surface area (Å²) >= 11 is 1.26. The monoisotopic (exact) mass is 374 g/mol. The number of thiophene rings is 1. The molecule has 1 aromatic carbocycles. The van der Waals surface area contributed by atoms with E-state index in [2.05, 4.69) is 5.10 Å². The van der Waals surface area contributed by atoms with Gasteiger partial charge in [-0.05, 0) is 29.3 Å². The Kier molecular flexibility index (Phi) is 7.35. The van der Waals surface area contributed by atoms with Crippen LogP contribution in [0.5, 0.6) is 0 Å². The lowest BCUT2D eigenvalue weighted by atomic mass is 10.1. The Balaban J connectivity index is 2.16. The Labute approximate surface area is 156 Å². The maximum atomic E-state index is 12.5. The highest BCUT2D eigenvalue weighted by atomic mass is 32.1. The average Bonchev–Trinajstić information content (AvgIpc) is 3.14. The zero-order valence-corrected chi connectivity index (χ0v) is 15.6. The maximum absolute atomic E-state index is 12.5. The first kappa shape index (κ1) is 19.7. The Hall–Kier alpha value is -2.67. The smallest absolute Gasteiger partial charge is 0.430 e. The minimum atomic E-state index is -1.18. The van der Waals surface area contributed by atoms with Crippen molar-refractivity contribution < 1.29 is 19.4 Å². The van der Waals surface area contributed by atoms with E-state index in [4.69, 9.17) is 4.74 Å². The van der Waals surface area contributed by atoms with Crippen LogP contribution in [0.4, 0.5) is 4.79 Å². The molecular weight excluding hydrogens is 352 g/mol. The third-order valence-electron chi connectivity index (χ3n) is 3.51. The van der Waals surface area contributed by atoms with Gasteiger partial charge in [0.1, 0.15) is 6.61 Å². The first-order valence-corrected chi connectivity index (χ1v) is 9.19. The van der Waals surface area contributed by atoms with Crippen LogP contribution < -0.4 is 0 Å². The topological polar surface area (TPSA) is 79.2 Å². The number of aliphatic carboxylic acids is 1. The van der Waals surface area contributed by atoms with Gasteiger partial charge < -0.3 is 9.84 Å². The first-order chi connectivity index (χ1) is 12.5. The van der Waals surface area contributed by atoms with Crippen molar-refractivity contribution in [1.82, 2.24) is 5.01 Å². The molecule has 138 valence electrons. The van der Waals surface area contributed by atoms with Gasteiger partial charge in [-0.25, -0.2) is 9.59 Å². The lowest BCUT2D eigenvalue weighted by Crippen LogP contribution is -2.31. The number of carboxylic acid groups (broad SMARTS) is 1. The number of ether oxygens (including phenoxy) is 1. The maximum Gasteiger partial charge on any atom is 0.430 e. The molecule has 1 amide bonds. The molecule has 2 rings (SSSR count). The first-order valence-electron chi connectivity index (χ1n) is 8.31. The lowest BCUT2D eigenvalue weighted by molar-refractivity contribution is -0.129. The van der Waals surface area contributed by atoms with Crippen LogP contribution in [-0.2, 0) is 16.1 Å². The van der Waals surface area contributed by atoms with E-state index in [0.717, 1.165) is 10.6 Å². The van der Waals surface area contributed by atoms with Crippen molar-refractivity contribution in [3.05, 3.63) is 58.3 Å². The molecule has 6 nitrogen and oxygen atoms in total. The summed E-state index contributed by atoms with van der Waals surface area (Å²) in [6.45, 7) is 4.44. The number of carboxylic acids is 1. The van der Waals surface area contributed by atoms with Crippen LogP contribution >= 0.6 is 11.3 Å². The molecule has 0 atom stereocenters. The van der Waals surface area contributed by atoms with E-state index in [-0.39, 0.29) is 18.9 Å². The summed E-state index contributed by atoms with van der Waals surface area (Å²) < 4.78 is 5.31. The van der Waals surface area contributed by atoms with E-state index < -0.39 is 12.1 Å². The molecule has 0 radical (unpaired) electrons. The van der Waals surface area contributed by atoms with Gasteiger partial charge in [0, 0.05) is 6.54 Å². The highest BCUT2D eigenvalue weighted by Crippen LogP contribution is 2.13. The minimum absolute atomic E-state index is 0.106. The molecule has 0 unspecified atom stereocenters. The van der Waals surface area contributed by atoms with E-state index in [1.807, 2.05) is 44.2 Å². The third-order valence-corrected chi connectivity index (χ3v) is 4.39. The van der Waals surface area contributed by atoms with Crippen LogP contribution in [0.15, 0.2) is 52.9 Å². The van der Waals surface area contributed by atoms with Gasteiger partial charge in [-0.15, -0.1) is 11.3 Å². The second-order valence-electron chi connectivity index (χ2n) is 6.08. The number of rotatable bonds is 8. The fourth-order valence-electron chi connectivity index (χ4n) is 2.09. The van der Waals surface area contributed by atoms with Crippen molar-refractivity contribution in [1.29, 1.82) is 0 Å². The number of hydrogen-bond acceptors (Lipinski definition) is 5. The molecule has 0 spiro atoms. The van der Waals surface area contributed by atoms with E-state index in [1.165, 1.54) is 11.3 Å². The third kappa shape index (κ3) is 6.00. The van der Waals surface area contributed by atoms with Crippen molar-refractivity contribution >= 4 is 29.1 Å². The lowest BCUT2D eigenvalue weighted by Gasteiger charge is -2.19. The van der Waals surface area contributed by atoms with Crippen LogP contribution in [0.25, 0.3) is 0 Å². The molecule has 0 aliphatic carbocycles. The number of hydrogen-bond donors (Lipinski definition) is 1. The fourth-order valence-corrected chi connectivity index (χ4v) is 2.79. The van der Waals surface area contributed by atoms with Gasteiger partial charge in [0.2, 0.25) is 0 Å². The van der Waals surface area contributed by atoms with Crippen molar-refractivity contribution in [2.75, 3.05) is 6.54 Å². The Morgan fingerprint density at radius 1 is 1.19 bits per heavy atom. The molecule has 0 bridgehead atoms. The molecule has 0 saturated heterocycles. The molecule has 0 fully saturated rings. The van der Waals surface area contributed by atoms with Crippen molar-refractivity contribution in [2.45, 2.75) is 26.9 Å². The quantitative estimate of drug-likeness (QED) is 0.554. The highest BCUT2D eigenvalue weighted by Gasteiger charge is 2.21. The fraction of sp³-hybridized carbons (Fsp3) is 0.316. The number of carbonyl (C=O) groups excluding carboxylic acids is 1. The zero-order valence-electron chi connectivity index (χ0n) is 14.8. The van der Waals surface area contributed by atoms with Gasteiger partial charge in [0.25, 0.3) is 0 Å². The summed E-state index contributed by atoms with van der Waals surface area (Å²) in [4.78, 5) is 24.5. The number of amides is 1. The van der Waals surface area contributed by atoms with Gasteiger partial charge in [-0.1, -0.05) is 50.2 Å². The summed E-state index contributed by atoms with van der Waals surface area (Å²) in [6.07, 6.45) is 0.0196. The van der Waals surface area contributed by atoms with E-state index >= 15 is 0 Å². The molecule has 2 aromatic rings. The summed E-state index contributed by atoms with van der Waals surface area (Å²) in [5, 5.41) is 16.4. The minimum Gasteiger partial charge on any atom is -0.476 e.